The van der Waals surface area contributed by atoms with Gasteiger partial charge in [0.15, 0.2) is 0 Å². The molecule has 0 amide bonds. The molecule has 2 aromatic rings. The van der Waals surface area contributed by atoms with E-state index in [2.05, 4.69) is 48.0 Å². The largest absolute Gasteiger partial charge is 0.327 e. The maximum Gasteiger partial charge on any atom is 0.0501 e. The van der Waals surface area contributed by atoms with E-state index < -0.39 is 0 Å². The SMILES string of the molecule is CC(N)C(Sc1ccccc1)c1ccsc1. The maximum absolute atomic E-state index is 6.06. The summed E-state index contributed by atoms with van der Waals surface area (Å²) < 4.78 is 0. The number of hydrogen-bond acceptors (Lipinski definition) is 3. The summed E-state index contributed by atoms with van der Waals surface area (Å²) in [7, 11) is 0. The molecule has 1 heterocycles. The maximum atomic E-state index is 6.06. The molecule has 0 radical (unpaired) electrons. The second-order valence-electron chi connectivity index (χ2n) is 3.77. The lowest BCUT2D eigenvalue weighted by Crippen LogP contribution is -2.22. The van der Waals surface area contributed by atoms with Crippen molar-refractivity contribution in [3.8, 4) is 0 Å². The lowest BCUT2D eigenvalue weighted by Gasteiger charge is -2.19. The molecular formula is C13H15NS2. The van der Waals surface area contributed by atoms with Crippen molar-refractivity contribution in [1.29, 1.82) is 0 Å². The van der Waals surface area contributed by atoms with Crippen LogP contribution in [0.15, 0.2) is 52.1 Å². The Hall–Kier alpha value is -0.770. The van der Waals surface area contributed by atoms with Gasteiger partial charge in [-0.25, -0.2) is 0 Å². The summed E-state index contributed by atoms with van der Waals surface area (Å²) >= 11 is 3.56. The number of thioether (sulfide) groups is 1. The highest BCUT2D eigenvalue weighted by Gasteiger charge is 2.17. The summed E-state index contributed by atoms with van der Waals surface area (Å²) in [5.74, 6) is 0. The molecule has 3 heteroatoms. The lowest BCUT2D eigenvalue weighted by atomic mass is 10.1. The van der Waals surface area contributed by atoms with Crippen LogP contribution < -0.4 is 5.73 Å². The van der Waals surface area contributed by atoms with E-state index in [1.54, 1.807) is 11.3 Å². The smallest absolute Gasteiger partial charge is 0.0501 e. The Labute approximate surface area is 105 Å². The van der Waals surface area contributed by atoms with Crippen LogP contribution in [0.25, 0.3) is 0 Å². The number of hydrogen-bond donors (Lipinski definition) is 1. The van der Waals surface area contributed by atoms with Crippen molar-refractivity contribution in [3.05, 3.63) is 52.7 Å². The quantitative estimate of drug-likeness (QED) is 0.831. The standard InChI is InChI=1S/C13H15NS2/c1-10(14)13(11-7-8-15-9-11)16-12-5-3-2-4-6-12/h2-10,13H,14H2,1H3. The monoisotopic (exact) mass is 249 g/mol. The molecule has 0 aliphatic rings. The molecule has 84 valence electrons. The third-order valence-corrected chi connectivity index (χ3v) is 4.56. The summed E-state index contributed by atoms with van der Waals surface area (Å²) in [5.41, 5.74) is 7.39. The third-order valence-electron chi connectivity index (χ3n) is 2.36. The first-order chi connectivity index (χ1) is 7.77. The van der Waals surface area contributed by atoms with Crippen LogP contribution in [0.4, 0.5) is 0 Å². The van der Waals surface area contributed by atoms with Crippen molar-refractivity contribution >= 4 is 23.1 Å². The van der Waals surface area contributed by atoms with Crippen LogP contribution in [0.3, 0.4) is 0 Å². The number of benzene rings is 1. The lowest BCUT2D eigenvalue weighted by molar-refractivity contribution is 0.723. The molecule has 0 spiro atoms. The zero-order valence-corrected chi connectivity index (χ0v) is 10.8. The topological polar surface area (TPSA) is 26.0 Å². The molecule has 0 saturated heterocycles. The van der Waals surface area contributed by atoms with E-state index in [9.17, 15) is 0 Å². The molecule has 0 aliphatic carbocycles. The van der Waals surface area contributed by atoms with Crippen molar-refractivity contribution in [3.63, 3.8) is 0 Å². The van der Waals surface area contributed by atoms with Gasteiger partial charge in [-0.3, -0.25) is 0 Å². The van der Waals surface area contributed by atoms with Crippen LogP contribution in [0.5, 0.6) is 0 Å². The second-order valence-corrected chi connectivity index (χ2v) is 5.76. The molecule has 0 bridgehead atoms. The minimum Gasteiger partial charge on any atom is -0.327 e. The van der Waals surface area contributed by atoms with Crippen molar-refractivity contribution in [1.82, 2.24) is 0 Å². The fraction of sp³-hybridized carbons (Fsp3) is 0.231. The van der Waals surface area contributed by atoms with Crippen LogP contribution in [-0.4, -0.2) is 6.04 Å². The Balaban J connectivity index is 2.16. The fourth-order valence-corrected chi connectivity index (χ4v) is 3.45. The first kappa shape index (κ1) is 11.7. The van der Waals surface area contributed by atoms with E-state index in [1.807, 2.05) is 17.8 Å². The summed E-state index contributed by atoms with van der Waals surface area (Å²) in [6.07, 6.45) is 0. The number of thiophene rings is 1. The van der Waals surface area contributed by atoms with E-state index in [-0.39, 0.29) is 6.04 Å². The van der Waals surface area contributed by atoms with Gasteiger partial charge in [-0.15, -0.1) is 11.8 Å². The highest BCUT2D eigenvalue weighted by Crippen LogP contribution is 2.37. The van der Waals surface area contributed by atoms with Gasteiger partial charge >= 0.3 is 0 Å². The third kappa shape index (κ3) is 2.88. The molecule has 0 saturated carbocycles. The number of nitrogens with two attached hydrogens (primary N) is 1. The number of rotatable bonds is 4. The average molecular weight is 249 g/mol. The molecular weight excluding hydrogens is 234 g/mol. The van der Waals surface area contributed by atoms with Gasteiger partial charge in [0, 0.05) is 10.9 Å². The summed E-state index contributed by atoms with van der Waals surface area (Å²) in [4.78, 5) is 1.27. The van der Waals surface area contributed by atoms with Crippen LogP contribution >= 0.6 is 23.1 Å². The van der Waals surface area contributed by atoms with Crippen molar-refractivity contribution < 1.29 is 0 Å². The first-order valence-corrected chi connectivity index (χ1v) is 7.09. The zero-order valence-electron chi connectivity index (χ0n) is 9.17. The van der Waals surface area contributed by atoms with Crippen LogP contribution in [0.1, 0.15) is 17.7 Å². The van der Waals surface area contributed by atoms with E-state index >= 15 is 0 Å². The molecule has 1 nitrogen and oxygen atoms in total. The van der Waals surface area contributed by atoms with Gasteiger partial charge in [0.25, 0.3) is 0 Å². The van der Waals surface area contributed by atoms with E-state index in [0.717, 1.165) is 0 Å². The molecule has 0 fully saturated rings. The minimum atomic E-state index is 0.153. The van der Waals surface area contributed by atoms with Gasteiger partial charge in [-0.2, -0.15) is 11.3 Å². The Kier molecular flexibility index (Phi) is 4.04. The van der Waals surface area contributed by atoms with Crippen molar-refractivity contribution in [2.24, 2.45) is 5.73 Å². The highest BCUT2D eigenvalue weighted by molar-refractivity contribution is 7.99. The Bertz CT molecular complexity index is 409. The Morgan fingerprint density at radius 1 is 1.19 bits per heavy atom. The molecule has 1 aromatic heterocycles. The average Bonchev–Trinajstić information content (AvgIpc) is 2.80. The fourth-order valence-electron chi connectivity index (χ4n) is 1.56. The highest BCUT2D eigenvalue weighted by atomic mass is 32.2. The molecule has 2 rings (SSSR count). The van der Waals surface area contributed by atoms with Crippen LogP contribution in [-0.2, 0) is 0 Å². The predicted octanol–water partition coefficient (Wildman–Crippen LogP) is 3.93. The summed E-state index contributed by atoms with van der Waals surface area (Å²) in [6, 6.07) is 12.7. The predicted molar refractivity (Wildman–Crippen MR) is 73.0 cm³/mol. The molecule has 2 unspecified atom stereocenters. The van der Waals surface area contributed by atoms with E-state index in [4.69, 9.17) is 5.73 Å². The molecule has 0 aliphatic heterocycles. The first-order valence-electron chi connectivity index (χ1n) is 5.27. The zero-order chi connectivity index (χ0) is 11.4. The van der Waals surface area contributed by atoms with Gasteiger partial charge in [-0.1, -0.05) is 18.2 Å². The second kappa shape index (κ2) is 5.53. The molecule has 16 heavy (non-hydrogen) atoms. The summed E-state index contributed by atoms with van der Waals surface area (Å²) in [5, 5.41) is 4.63. The summed E-state index contributed by atoms with van der Waals surface area (Å²) in [6.45, 7) is 2.07. The van der Waals surface area contributed by atoms with Gasteiger partial charge < -0.3 is 5.73 Å². The van der Waals surface area contributed by atoms with Gasteiger partial charge in [-0.05, 0) is 41.4 Å². The molecule has 1 aromatic carbocycles. The van der Waals surface area contributed by atoms with Crippen molar-refractivity contribution in [2.45, 2.75) is 23.1 Å². The molecule has 2 N–H and O–H groups in total. The normalized spacial score (nSPS) is 14.6. The van der Waals surface area contributed by atoms with Crippen LogP contribution in [0.2, 0.25) is 0 Å². The van der Waals surface area contributed by atoms with E-state index in [0.29, 0.717) is 5.25 Å². The Morgan fingerprint density at radius 2 is 1.94 bits per heavy atom. The van der Waals surface area contributed by atoms with Crippen molar-refractivity contribution in [2.75, 3.05) is 0 Å². The van der Waals surface area contributed by atoms with Gasteiger partial charge in [0.05, 0.1) is 5.25 Å². The van der Waals surface area contributed by atoms with Crippen LogP contribution in [0, 0.1) is 0 Å². The molecule has 2 atom stereocenters. The van der Waals surface area contributed by atoms with Gasteiger partial charge in [0.2, 0.25) is 0 Å². The van der Waals surface area contributed by atoms with E-state index in [1.165, 1.54) is 10.5 Å². The minimum absolute atomic E-state index is 0.153. The Morgan fingerprint density at radius 3 is 2.50 bits per heavy atom. The van der Waals surface area contributed by atoms with Gasteiger partial charge in [0.1, 0.15) is 0 Å².